The van der Waals surface area contributed by atoms with Crippen molar-refractivity contribution in [3.05, 3.63) is 70.1 Å². The van der Waals surface area contributed by atoms with Crippen LogP contribution in [0.15, 0.2) is 57.7 Å². The molecule has 1 aliphatic heterocycles. The summed E-state index contributed by atoms with van der Waals surface area (Å²) >= 11 is 0. The van der Waals surface area contributed by atoms with E-state index in [-0.39, 0.29) is 6.61 Å². The van der Waals surface area contributed by atoms with Crippen molar-refractivity contribution < 1.29 is 33.3 Å². The highest BCUT2D eigenvalue weighted by Crippen LogP contribution is 2.21. The average Bonchev–Trinajstić information content (AvgIpc) is 2.84. The maximum Gasteiger partial charge on any atom is 0.411 e. The van der Waals surface area contributed by atoms with Crippen molar-refractivity contribution >= 4 is 34.8 Å². The van der Waals surface area contributed by atoms with Crippen LogP contribution in [0.4, 0.5) is 16.2 Å². The number of benzene rings is 2. The number of hydrogen-bond donors (Lipinski definition) is 3. The van der Waals surface area contributed by atoms with Crippen LogP contribution < -0.4 is 16.3 Å². The van der Waals surface area contributed by atoms with Crippen molar-refractivity contribution in [2.75, 3.05) is 24.4 Å². The van der Waals surface area contributed by atoms with Gasteiger partial charge < -0.3 is 29.1 Å². The van der Waals surface area contributed by atoms with Gasteiger partial charge in [-0.15, -0.1) is 0 Å². The van der Waals surface area contributed by atoms with Gasteiger partial charge in [-0.1, -0.05) is 12.1 Å². The largest absolute Gasteiger partial charge is 0.444 e. The highest BCUT2D eigenvalue weighted by Gasteiger charge is 2.22. The first-order chi connectivity index (χ1) is 16.9. The fourth-order valence-electron chi connectivity index (χ4n) is 3.43. The van der Waals surface area contributed by atoms with E-state index in [1.165, 1.54) is 6.07 Å². The molecule has 0 bridgehead atoms. The van der Waals surface area contributed by atoms with Crippen LogP contribution in [0.2, 0.25) is 0 Å². The second-order valence-corrected chi connectivity index (χ2v) is 7.80. The Bertz CT molecular complexity index is 1190. The van der Waals surface area contributed by atoms with E-state index in [4.69, 9.17) is 23.7 Å². The quantitative estimate of drug-likeness (QED) is 0.357. The third-order valence-corrected chi connectivity index (χ3v) is 5.22. The molecule has 1 aromatic heterocycles. The third kappa shape index (κ3) is 7.64. The molecular weight excluding hydrogens is 456 g/mol. The predicted molar refractivity (Wildman–Crippen MR) is 129 cm³/mol. The molecular formula is C25H28N2O8. The van der Waals surface area contributed by atoms with Gasteiger partial charge in [0.1, 0.15) is 18.3 Å². The predicted octanol–water partition coefficient (Wildman–Crippen LogP) is 3.55. The number of nitrogens with one attached hydrogen (secondary N) is 2. The number of amides is 2. The number of fused-ring (bicyclic) bond motifs is 1. The molecule has 0 aliphatic carbocycles. The smallest absolute Gasteiger partial charge is 0.411 e. The molecule has 2 unspecified atom stereocenters. The van der Waals surface area contributed by atoms with Crippen LogP contribution in [0, 0.1) is 6.92 Å². The molecule has 1 aliphatic rings. The van der Waals surface area contributed by atoms with Crippen LogP contribution in [-0.4, -0.2) is 43.7 Å². The minimum Gasteiger partial charge on any atom is -0.444 e. The van der Waals surface area contributed by atoms with Crippen LogP contribution in [0.5, 0.6) is 0 Å². The number of ether oxygens (including phenoxy) is 3. The summed E-state index contributed by atoms with van der Waals surface area (Å²) in [4.78, 5) is 33.8. The molecule has 2 heterocycles. The van der Waals surface area contributed by atoms with Gasteiger partial charge in [-0.3, -0.25) is 10.1 Å². The van der Waals surface area contributed by atoms with Gasteiger partial charge >= 0.3 is 11.7 Å². The number of aliphatic hydroxyl groups excluding tert-OH is 1. The van der Waals surface area contributed by atoms with Crippen LogP contribution in [0.25, 0.3) is 11.0 Å². The van der Waals surface area contributed by atoms with Crippen molar-refractivity contribution in [3.8, 4) is 0 Å². The molecule has 35 heavy (non-hydrogen) atoms. The molecule has 2 aromatic carbocycles. The topological polar surface area (TPSA) is 136 Å². The zero-order chi connectivity index (χ0) is 25.2. The van der Waals surface area contributed by atoms with Crippen molar-refractivity contribution in [2.45, 2.75) is 38.8 Å². The summed E-state index contributed by atoms with van der Waals surface area (Å²) in [5.74, 6) is 0. The Labute approximate surface area is 201 Å². The Morgan fingerprint density at radius 1 is 1.17 bits per heavy atom. The highest BCUT2D eigenvalue weighted by molar-refractivity contribution is 5.89. The Kier molecular flexibility index (Phi) is 9.36. The van der Waals surface area contributed by atoms with Gasteiger partial charge in [-0.05, 0) is 55.2 Å². The molecule has 4 rings (SSSR count). The summed E-state index contributed by atoms with van der Waals surface area (Å²) in [7, 11) is 1.54. The van der Waals surface area contributed by atoms with E-state index in [1.807, 2.05) is 6.92 Å². The van der Waals surface area contributed by atoms with Crippen LogP contribution in [0.1, 0.15) is 24.0 Å². The molecule has 10 heteroatoms. The standard InChI is InChI=1S/C19H16N2O5.C6H12O3/c1-12-8-18(23)26-17-9-15(6-7-16(12)17)21-19(24)25-10-13-2-4-14(5-3-13)20-11-22;1-8-6-5(7)3-2-4-9-6/h2-9,11H,10H2,1H3,(H,20,22)(H,21,24);5-7H,2-4H2,1H3. The number of aryl methyl sites for hydroxylation is 1. The summed E-state index contributed by atoms with van der Waals surface area (Å²) in [6.07, 6.45) is 0.864. The number of anilines is 2. The molecule has 2 amide bonds. The SMILES string of the molecule is COC1OCCCC1O.Cc1cc(=O)oc2cc(NC(=O)OCc3ccc(NC=O)cc3)ccc12. The van der Waals surface area contributed by atoms with Crippen LogP contribution in [-0.2, 0) is 25.6 Å². The number of carbonyl (C=O) groups excluding carboxylic acids is 2. The van der Waals surface area contributed by atoms with E-state index in [2.05, 4.69) is 10.6 Å². The maximum absolute atomic E-state index is 11.9. The van der Waals surface area contributed by atoms with Crippen molar-refractivity contribution in [1.82, 2.24) is 0 Å². The first-order valence-corrected chi connectivity index (χ1v) is 11.0. The summed E-state index contributed by atoms with van der Waals surface area (Å²) in [6, 6.07) is 13.4. The molecule has 0 saturated carbocycles. The summed E-state index contributed by atoms with van der Waals surface area (Å²) < 4.78 is 20.2. The van der Waals surface area contributed by atoms with Crippen LogP contribution in [0.3, 0.4) is 0 Å². The molecule has 2 atom stereocenters. The minimum atomic E-state index is -0.630. The molecule has 10 nitrogen and oxygen atoms in total. The summed E-state index contributed by atoms with van der Waals surface area (Å²) in [5, 5.41) is 15.0. The minimum absolute atomic E-state index is 0.0783. The van der Waals surface area contributed by atoms with Gasteiger partial charge in [-0.2, -0.15) is 0 Å². The van der Waals surface area contributed by atoms with Crippen molar-refractivity contribution in [2.24, 2.45) is 0 Å². The molecule has 0 radical (unpaired) electrons. The van der Waals surface area contributed by atoms with Crippen molar-refractivity contribution in [1.29, 1.82) is 0 Å². The van der Waals surface area contributed by atoms with Gasteiger partial charge in [0.2, 0.25) is 6.41 Å². The van der Waals surface area contributed by atoms with Gasteiger partial charge in [0.15, 0.2) is 6.29 Å². The lowest BCUT2D eigenvalue weighted by molar-refractivity contribution is -0.201. The first kappa shape index (κ1) is 25.9. The zero-order valence-corrected chi connectivity index (χ0v) is 19.5. The lowest BCUT2D eigenvalue weighted by Gasteiger charge is -2.26. The lowest BCUT2D eigenvalue weighted by Crippen LogP contribution is -2.35. The third-order valence-electron chi connectivity index (χ3n) is 5.22. The lowest BCUT2D eigenvalue weighted by atomic mass is 10.1. The Hall–Kier alpha value is -3.73. The van der Waals surface area contributed by atoms with E-state index >= 15 is 0 Å². The van der Waals surface area contributed by atoms with Gasteiger partial charge in [0.25, 0.3) is 0 Å². The van der Waals surface area contributed by atoms with E-state index in [0.717, 1.165) is 29.4 Å². The second-order valence-electron chi connectivity index (χ2n) is 7.80. The second kappa shape index (κ2) is 12.7. The molecule has 1 saturated heterocycles. The van der Waals surface area contributed by atoms with Crippen LogP contribution >= 0.6 is 0 Å². The van der Waals surface area contributed by atoms with E-state index < -0.39 is 24.1 Å². The Morgan fingerprint density at radius 3 is 2.57 bits per heavy atom. The van der Waals surface area contributed by atoms with Gasteiger partial charge in [0.05, 0.1) is 0 Å². The Balaban J connectivity index is 0.000000320. The molecule has 1 fully saturated rings. The fraction of sp³-hybridized carbons (Fsp3) is 0.320. The number of carbonyl (C=O) groups is 2. The first-order valence-electron chi connectivity index (χ1n) is 11.0. The normalized spacial score (nSPS) is 17.1. The number of hydrogen-bond acceptors (Lipinski definition) is 8. The van der Waals surface area contributed by atoms with E-state index in [0.29, 0.717) is 30.0 Å². The fourth-order valence-corrected chi connectivity index (χ4v) is 3.43. The average molecular weight is 485 g/mol. The van der Waals surface area contributed by atoms with Crippen molar-refractivity contribution in [3.63, 3.8) is 0 Å². The number of aliphatic hydroxyl groups is 1. The van der Waals surface area contributed by atoms with Gasteiger partial charge in [-0.25, -0.2) is 9.59 Å². The Morgan fingerprint density at radius 2 is 1.91 bits per heavy atom. The number of rotatable bonds is 6. The molecule has 3 N–H and O–H groups in total. The number of methoxy groups -OCH3 is 1. The monoisotopic (exact) mass is 484 g/mol. The van der Waals surface area contributed by atoms with E-state index in [1.54, 1.807) is 49.6 Å². The molecule has 3 aromatic rings. The zero-order valence-electron chi connectivity index (χ0n) is 19.5. The summed E-state index contributed by atoms with van der Waals surface area (Å²) in [5.41, 5.74) is 2.64. The highest BCUT2D eigenvalue weighted by atomic mass is 16.7. The van der Waals surface area contributed by atoms with E-state index in [9.17, 15) is 14.4 Å². The molecule has 186 valence electrons. The van der Waals surface area contributed by atoms with Gasteiger partial charge in [0, 0.05) is 42.6 Å². The molecule has 0 spiro atoms. The maximum atomic E-state index is 11.9. The summed E-state index contributed by atoms with van der Waals surface area (Å²) in [6.45, 7) is 2.60.